The lowest BCUT2D eigenvalue weighted by Gasteiger charge is -2.24. The van der Waals surface area contributed by atoms with Crippen LogP contribution in [0.15, 0.2) is 54.6 Å². The fourth-order valence-corrected chi connectivity index (χ4v) is 3.51. The summed E-state index contributed by atoms with van der Waals surface area (Å²) in [7, 11) is 0. The van der Waals surface area contributed by atoms with Gasteiger partial charge in [-0.05, 0) is 38.5 Å². The van der Waals surface area contributed by atoms with Gasteiger partial charge in [0.15, 0.2) is 5.13 Å². The number of hydrazine groups is 1. The van der Waals surface area contributed by atoms with Crippen LogP contribution in [-0.4, -0.2) is 22.8 Å². The largest absolute Gasteiger partial charge is 0.350 e. The van der Waals surface area contributed by atoms with E-state index in [1.54, 1.807) is 6.92 Å². The minimum Gasteiger partial charge on any atom is -0.350 e. The van der Waals surface area contributed by atoms with Crippen molar-refractivity contribution < 1.29 is 9.59 Å². The van der Waals surface area contributed by atoms with Crippen LogP contribution in [0.5, 0.6) is 0 Å². The van der Waals surface area contributed by atoms with Crippen LogP contribution < -0.4 is 16.2 Å². The summed E-state index contributed by atoms with van der Waals surface area (Å²) in [6.45, 7) is 5.34. The van der Waals surface area contributed by atoms with Gasteiger partial charge in [0.25, 0.3) is 5.91 Å². The van der Waals surface area contributed by atoms with Gasteiger partial charge in [0.2, 0.25) is 5.91 Å². The van der Waals surface area contributed by atoms with Crippen LogP contribution in [0.4, 0.5) is 5.13 Å². The third-order valence-corrected chi connectivity index (χ3v) is 5.36. The maximum atomic E-state index is 12.5. The summed E-state index contributed by atoms with van der Waals surface area (Å²) in [6, 6.07) is 16.7. The summed E-state index contributed by atoms with van der Waals surface area (Å²) in [4.78, 5) is 29.3. The van der Waals surface area contributed by atoms with Crippen molar-refractivity contribution in [2.24, 2.45) is 0 Å². The van der Waals surface area contributed by atoms with Crippen LogP contribution in [0.1, 0.15) is 26.3 Å². The van der Waals surface area contributed by atoms with E-state index in [9.17, 15) is 9.59 Å². The summed E-state index contributed by atoms with van der Waals surface area (Å²) in [5.74, 6) is -0.624. The smallest absolute Gasteiger partial charge is 0.260 e. The Kier molecular flexibility index (Phi) is 5.41. The van der Waals surface area contributed by atoms with Crippen molar-refractivity contribution in [3.05, 3.63) is 60.2 Å². The van der Waals surface area contributed by atoms with Crippen molar-refractivity contribution in [3.63, 3.8) is 0 Å². The molecule has 2 amide bonds. The van der Waals surface area contributed by atoms with E-state index >= 15 is 0 Å². The number of benzene rings is 2. The maximum absolute atomic E-state index is 12.5. The van der Waals surface area contributed by atoms with Crippen molar-refractivity contribution in [2.45, 2.75) is 32.2 Å². The Balaban J connectivity index is 1.57. The Hall–Kier alpha value is -2.93. The first-order valence-electron chi connectivity index (χ1n) is 8.66. The zero-order valence-electron chi connectivity index (χ0n) is 15.4. The van der Waals surface area contributed by atoms with Gasteiger partial charge in [-0.2, -0.15) is 0 Å². The molecule has 27 heavy (non-hydrogen) atoms. The SMILES string of the molecule is C[C@H](Nc1nc2ccccc2s1)C(=O)NNC(=O)C(C)(C)c1ccccc1. The van der Waals surface area contributed by atoms with E-state index in [2.05, 4.69) is 21.2 Å². The van der Waals surface area contributed by atoms with Gasteiger partial charge in [-0.3, -0.25) is 20.4 Å². The molecule has 0 fully saturated rings. The van der Waals surface area contributed by atoms with Crippen LogP contribution in [0.3, 0.4) is 0 Å². The highest BCUT2D eigenvalue weighted by Crippen LogP contribution is 2.26. The predicted octanol–water partition coefficient (Wildman–Crippen LogP) is 3.22. The topological polar surface area (TPSA) is 83.1 Å². The first-order valence-corrected chi connectivity index (χ1v) is 9.47. The van der Waals surface area contributed by atoms with E-state index in [4.69, 9.17) is 0 Å². The number of hydrogen-bond donors (Lipinski definition) is 3. The molecule has 0 aliphatic rings. The first kappa shape index (κ1) is 18.8. The summed E-state index contributed by atoms with van der Waals surface area (Å²) in [6.07, 6.45) is 0. The van der Waals surface area contributed by atoms with Gasteiger partial charge in [-0.15, -0.1) is 0 Å². The molecule has 0 spiro atoms. The van der Waals surface area contributed by atoms with Crippen LogP contribution >= 0.6 is 11.3 Å². The first-order chi connectivity index (χ1) is 12.9. The molecule has 1 atom stereocenters. The Morgan fingerprint density at radius 2 is 1.67 bits per heavy atom. The molecular weight excluding hydrogens is 360 g/mol. The van der Waals surface area contributed by atoms with Gasteiger partial charge >= 0.3 is 0 Å². The number of fused-ring (bicyclic) bond motifs is 1. The summed E-state index contributed by atoms with van der Waals surface area (Å²) in [5.41, 5.74) is 6.00. The second-order valence-electron chi connectivity index (χ2n) is 6.79. The van der Waals surface area contributed by atoms with Gasteiger partial charge in [0.05, 0.1) is 15.6 Å². The zero-order valence-corrected chi connectivity index (χ0v) is 16.3. The molecule has 140 valence electrons. The molecule has 3 rings (SSSR count). The summed E-state index contributed by atoms with van der Waals surface area (Å²) in [5, 5.41) is 3.73. The van der Waals surface area contributed by atoms with Crippen LogP contribution in [0, 0.1) is 0 Å². The molecule has 0 bridgehead atoms. The highest BCUT2D eigenvalue weighted by molar-refractivity contribution is 7.22. The van der Waals surface area contributed by atoms with Gasteiger partial charge in [-0.25, -0.2) is 4.98 Å². The average Bonchev–Trinajstić information content (AvgIpc) is 3.08. The molecule has 1 heterocycles. The van der Waals surface area contributed by atoms with Crippen molar-refractivity contribution >= 4 is 38.5 Å². The summed E-state index contributed by atoms with van der Waals surface area (Å²) < 4.78 is 1.05. The Bertz CT molecular complexity index is 920. The predicted molar refractivity (Wildman–Crippen MR) is 108 cm³/mol. The van der Waals surface area contributed by atoms with Gasteiger partial charge in [-0.1, -0.05) is 53.8 Å². The number of anilines is 1. The van der Waals surface area contributed by atoms with E-state index in [0.717, 1.165) is 15.8 Å². The van der Waals surface area contributed by atoms with E-state index in [1.807, 2.05) is 68.4 Å². The average molecular weight is 382 g/mol. The number of thiazole rings is 1. The number of nitrogens with zero attached hydrogens (tertiary/aromatic N) is 1. The number of amides is 2. The van der Waals surface area contributed by atoms with E-state index in [-0.39, 0.29) is 11.8 Å². The molecule has 6 nitrogen and oxygen atoms in total. The number of carbonyl (C=O) groups is 2. The molecule has 7 heteroatoms. The number of aromatic nitrogens is 1. The van der Waals surface area contributed by atoms with Gasteiger partial charge in [0, 0.05) is 0 Å². The molecular formula is C20H22N4O2S. The second kappa shape index (κ2) is 7.75. The van der Waals surface area contributed by atoms with Crippen LogP contribution in [-0.2, 0) is 15.0 Å². The lowest BCUT2D eigenvalue weighted by Crippen LogP contribution is -2.52. The van der Waals surface area contributed by atoms with Gasteiger partial charge in [0.1, 0.15) is 6.04 Å². The quantitative estimate of drug-likeness (QED) is 0.592. The van der Waals surface area contributed by atoms with E-state index < -0.39 is 11.5 Å². The molecule has 0 aliphatic heterocycles. The van der Waals surface area contributed by atoms with E-state index in [1.165, 1.54) is 11.3 Å². The molecule has 0 unspecified atom stereocenters. The normalized spacial score (nSPS) is 12.4. The molecule has 0 aliphatic carbocycles. The van der Waals surface area contributed by atoms with Crippen LogP contribution in [0.2, 0.25) is 0 Å². The fraction of sp³-hybridized carbons (Fsp3) is 0.250. The van der Waals surface area contributed by atoms with Crippen molar-refractivity contribution in [2.75, 3.05) is 5.32 Å². The Morgan fingerprint density at radius 3 is 2.37 bits per heavy atom. The monoisotopic (exact) mass is 382 g/mol. The number of carbonyl (C=O) groups excluding carboxylic acids is 2. The molecule has 0 saturated carbocycles. The molecule has 0 saturated heterocycles. The van der Waals surface area contributed by atoms with Crippen molar-refractivity contribution in [1.29, 1.82) is 0 Å². The third-order valence-electron chi connectivity index (χ3n) is 4.39. The maximum Gasteiger partial charge on any atom is 0.260 e. The Morgan fingerprint density at radius 1 is 1.00 bits per heavy atom. The molecule has 1 aromatic heterocycles. The minimum atomic E-state index is -0.766. The fourth-order valence-electron chi connectivity index (χ4n) is 2.55. The summed E-state index contributed by atoms with van der Waals surface area (Å²) >= 11 is 1.48. The second-order valence-corrected chi connectivity index (χ2v) is 7.82. The van der Waals surface area contributed by atoms with Crippen LogP contribution in [0.25, 0.3) is 10.2 Å². The number of nitrogens with one attached hydrogen (secondary N) is 3. The Labute approximate surface area is 162 Å². The van der Waals surface area contributed by atoms with Gasteiger partial charge < -0.3 is 5.32 Å². The third kappa shape index (κ3) is 4.25. The number of rotatable bonds is 5. The van der Waals surface area contributed by atoms with E-state index in [0.29, 0.717) is 5.13 Å². The number of hydrogen-bond acceptors (Lipinski definition) is 5. The standard InChI is InChI=1S/C20H22N4O2S/c1-13(21-19-22-15-11-7-8-12-16(15)27-19)17(25)23-24-18(26)20(2,3)14-9-5-4-6-10-14/h4-13H,1-3H3,(H,21,22)(H,23,25)(H,24,26)/t13-/m0/s1. The lowest BCUT2D eigenvalue weighted by molar-refractivity contribution is -0.131. The zero-order chi connectivity index (χ0) is 19.4. The molecule has 0 radical (unpaired) electrons. The number of para-hydroxylation sites is 1. The van der Waals surface area contributed by atoms with Crippen molar-refractivity contribution in [1.82, 2.24) is 15.8 Å². The molecule has 3 aromatic rings. The highest BCUT2D eigenvalue weighted by atomic mass is 32.1. The highest BCUT2D eigenvalue weighted by Gasteiger charge is 2.30. The molecule has 2 aromatic carbocycles. The molecule has 3 N–H and O–H groups in total. The minimum absolute atomic E-state index is 0.283. The van der Waals surface area contributed by atoms with Crippen molar-refractivity contribution in [3.8, 4) is 0 Å². The lowest BCUT2D eigenvalue weighted by atomic mass is 9.84.